The van der Waals surface area contributed by atoms with Gasteiger partial charge in [0.15, 0.2) is 0 Å². The number of rotatable bonds is 3. The van der Waals surface area contributed by atoms with Crippen LogP contribution in [0.3, 0.4) is 0 Å². The highest BCUT2D eigenvalue weighted by atomic mass is 16.4. The molecule has 0 radical (unpaired) electrons. The lowest BCUT2D eigenvalue weighted by Crippen LogP contribution is -2.50. The summed E-state index contributed by atoms with van der Waals surface area (Å²) in [4.78, 5) is 24.9. The number of nitrogens with one attached hydrogen (secondary N) is 1. The molecule has 0 bridgehead atoms. The number of aliphatic carboxylic acids is 1. The number of hydrogen-bond acceptors (Lipinski definition) is 2. The van der Waals surface area contributed by atoms with Gasteiger partial charge in [0.05, 0.1) is 5.41 Å². The Balaban J connectivity index is 1.83. The Bertz CT molecular complexity index is 352. The van der Waals surface area contributed by atoms with Crippen LogP contribution in [-0.4, -0.2) is 41.1 Å². The second kappa shape index (κ2) is 4.78. The summed E-state index contributed by atoms with van der Waals surface area (Å²) in [7, 11) is 0. The van der Waals surface area contributed by atoms with Gasteiger partial charge in [0, 0.05) is 19.1 Å². The Hall–Kier alpha value is -1.26. The van der Waals surface area contributed by atoms with E-state index in [-0.39, 0.29) is 18.6 Å². The van der Waals surface area contributed by atoms with Crippen molar-refractivity contribution < 1.29 is 14.7 Å². The van der Waals surface area contributed by atoms with Gasteiger partial charge in [-0.2, -0.15) is 0 Å². The molecule has 2 atom stereocenters. The molecule has 1 saturated heterocycles. The lowest BCUT2D eigenvalue weighted by atomic mass is 9.94. The SMILES string of the molecule is CC1CCN(C(=O)NCC2(C(=O)O)CC2)C(C)C1. The molecule has 5 nitrogen and oxygen atoms in total. The van der Waals surface area contributed by atoms with Crippen molar-refractivity contribution in [2.75, 3.05) is 13.1 Å². The fourth-order valence-electron chi connectivity index (χ4n) is 2.67. The van der Waals surface area contributed by atoms with E-state index in [0.29, 0.717) is 18.8 Å². The van der Waals surface area contributed by atoms with E-state index in [4.69, 9.17) is 5.11 Å². The third kappa shape index (κ3) is 2.60. The predicted octanol–water partition coefficient (Wildman–Crippen LogP) is 1.68. The summed E-state index contributed by atoms with van der Waals surface area (Å²) < 4.78 is 0. The minimum Gasteiger partial charge on any atom is -0.481 e. The molecule has 0 aromatic heterocycles. The molecular formula is C13H22N2O3. The number of carbonyl (C=O) groups is 2. The summed E-state index contributed by atoms with van der Waals surface area (Å²) in [6, 6.07) is 0.135. The first kappa shape index (κ1) is 13.2. The smallest absolute Gasteiger partial charge is 0.317 e. The van der Waals surface area contributed by atoms with E-state index in [1.54, 1.807) is 0 Å². The van der Waals surface area contributed by atoms with Gasteiger partial charge in [-0.25, -0.2) is 4.79 Å². The number of hydrogen-bond donors (Lipinski definition) is 2. The monoisotopic (exact) mass is 254 g/mol. The second-order valence-electron chi connectivity index (χ2n) is 5.92. The molecule has 1 heterocycles. The molecule has 0 aromatic rings. The van der Waals surface area contributed by atoms with Crippen molar-refractivity contribution in [3.8, 4) is 0 Å². The lowest BCUT2D eigenvalue weighted by molar-refractivity contribution is -0.143. The van der Waals surface area contributed by atoms with Gasteiger partial charge in [0.25, 0.3) is 0 Å². The zero-order valence-corrected chi connectivity index (χ0v) is 11.1. The Labute approximate surface area is 108 Å². The molecule has 102 valence electrons. The standard InChI is InChI=1S/C13H22N2O3/c1-9-3-6-15(10(2)7-9)12(18)14-8-13(4-5-13)11(16)17/h9-10H,3-8H2,1-2H3,(H,14,18)(H,16,17). The van der Waals surface area contributed by atoms with Crippen molar-refractivity contribution in [3.63, 3.8) is 0 Å². The Morgan fingerprint density at radius 2 is 2.06 bits per heavy atom. The number of carboxylic acids is 1. The van der Waals surface area contributed by atoms with Gasteiger partial charge >= 0.3 is 12.0 Å². The van der Waals surface area contributed by atoms with E-state index >= 15 is 0 Å². The first-order valence-electron chi connectivity index (χ1n) is 6.72. The fourth-order valence-corrected chi connectivity index (χ4v) is 2.67. The maximum absolute atomic E-state index is 12.0. The molecule has 5 heteroatoms. The van der Waals surface area contributed by atoms with Gasteiger partial charge in [-0.1, -0.05) is 6.92 Å². The van der Waals surface area contributed by atoms with Crippen LogP contribution in [-0.2, 0) is 4.79 Å². The molecule has 2 N–H and O–H groups in total. The fraction of sp³-hybridized carbons (Fsp3) is 0.846. The minimum absolute atomic E-state index is 0.109. The van der Waals surface area contributed by atoms with Gasteiger partial charge < -0.3 is 15.3 Å². The van der Waals surface area contributed by atoms with E-state index in [0.717, 1.165) is 19.4 Å². The molecule has 18 heavy (non-hydrogen) atoms. The molecule has 2 fully saturated rings. The predicted molar refractivity (Wildman–Crippen MR) is 67.3 cm³/mol. The Morgan fingerprint density at radius 3 is 2.56 bits per heavy atom. The van der Waals surface area contributed by atoms with Crippen molar-refractivity contribution in [2.45, 2.75) is 45.6 Å². The largest absolute Gasteiger partial charge is 0.481 e. The van der Waals surface area contributed by atoms with Crippen LogP contribution in [0.25, 0.3) is 0 Å². The van der Waals surface area contributed by atoms with Crippen LogP contribution in [0, 0.1) is 11.3 Å². The first-order valence-corrected chi connectivity index (χ1v) is 6.72. The number of piperidine rings is 1. The third-order valence-corrected chi connectivity index (χ3v) is 4.28. The topological polar surface area (TPSA) is 69.6 Å². The van der Waals surface area contributed by atoms with Crippen LogP contribution >= 0.6 is 0 Å². The van der Waals surface area contributed by atoms with Crippen LogP contribution in [0.2, 0.25) is 0 Å². The number of carbonyl (C=O) groups excluding carboxylic acids is 1. The highest BCUT2D eigenvalue weighted by Crippen LogP contribution is 2.45. The van der Waals surface area contributed by atoms with E-state index in [1.807, 2.05) is 4.90 Å². The first-order chi connectivity index (χ1) is 8.44. The highest BCUT2D eigenvalue weighted by molar-refractivity contribution is 5.80. The molecule has 2 rings (SSSR count). The maximum Gasteiger partial charge on any atom is 0.317 e. The zero-order chi connectivity index (χ0) is 13.3. The number of nitrogens with zero attached hydrogens (tertiary/aromatic N) is 1. The summed E-state index contributed by atoms with van der Waals surface area (Å²) in [5.74, 6) is -0.124. The second-order valence-corrected chi connectivity index (χ2v) is 5.92. The van der Waals surface area contributed by atoms with Crippen molar-refractivity contribution in [1.82, 2.24) is 10.2 Å². The highest BCUT2D eigenvalue weighted by Gasteiger charge is 2.50. The van der Waals surface area contributed by atoms with Crippen molar-refractivity contribution in [3.05, 3.63) is 0 Å². The number of amides is 2. The molecule has 2 aliphatic rings. The van der Waals surface area contributed by atoms with Crippen LogP contribution in [0.5, 0.6) is 0 Å². The van der Waals surface area contributed by atoms with Crippen LogP contribution < -0.4 is 5.32 Å². The minimum atomic E-state index is -0.789. The number of urea groups is 1. The van der Waals surface area contributed by atoms with Gasteiger partial charge in [0.1, 0.15) is 0 Å². The van der Waals surface area contributed by atoms with Crippen molar-refractivity contribution >= 4 is 12.0 Å². The van der Waals surface area contributed by atoms with Gasteiger partial charge in [-0.3, -0.25) is 4.79 Å². The zero-order valence-electron chi connectivity index (χ0n) is 11.1. The molecule has 2 amide bonds. The third-order valence-electron chi connectivity index (χ3n) is 4.28. The Kier molecular flexibility index (Phi) is 3.50. The Morgan fingerprint density at radius 1 is 1.39 bits per heavy atom. The summed E-state index contributed by atoms with van der Waals surface area (Å²) >= 11 is 0. The lowest BCUT2D eigenvalue weighted by Gasteiger charge is -2.36. The van der Waals surface area contributed by atoms with Crippen LogP contribution in [0.1, 0.15) is 39.5 Å². The van der Waals surface area contributed by atoms with E-state index in [1.165, 1.54) is 0 Å². The van der Waals surface area contributed by atoms with Gasteiger partial charge in [0.2, 0.25) is 0 Å². The molecular weight excluding hydrogens is 232 g/mol. The molecule has 0 spiro atoms. The van der Waals surface area contributed by atoms with Crippen molar-refractivity contribution in [2.24, 2.45) is 11.3 Å². The van der Waals surface area contributed by atoms with E-state index in [2.05, 4.69) is 19.2 Å². The summed E-state index contributed by atoms with van der Waals surface area (Å²) in [5, 5.41) is 11.8. The molecule has 2 unspecified atom stereocenters. The van der Waals surface area contributed by atoms with Gasteiger partial charge in [-0.05, 0) is 38.5 Å². The summed E-state index contributed by atoms with van der Waals surface area (Å²) in [5.41, 5.74) is -0.679. The van der Waals surface area contributed by atoms with Crippen molar-refractivity contribution in [1.29, 1.82) is 0 Å². The summed E-state index contributed by atoms with van der Waals surface area (Å²) in [6.45, 7) is 5.29. The normalized spacial score (nSPS) is 29.8. The maximum atomic E-state index is 12.0. The van der Waals surface area contributed by atoms with Crippen LogP contribution in [0.4, 0.5) is 4.79 Å². The quantitative estimate of drug-likeness (QED) is 0.805. The number of carboxylic acid groups (broad SMARTS) is 1. The molecule has 1 aliphatic carbocycles. The number of likely N-dealkylation sites (tertiary alicyclic amines) is 1. The van der Waals surface area contributed by atoms with Gasteiger partial charge in [-0.15, -0.1) is 0 Å². The molecule has 1 aliphatic heterocycles. The summed E-state index contributed by atoms with van der Waals surface area (Å²) in [6.07, 6.45) is 3.41. The average molecular weight is 254 g/mol. The average Bonchev–Trinajstić information content (AvgIpc) is 3.07. The molecule has 0 aromatic carbocycles. The van der Waals surface area contributed by atoms with E-state index in [9.17, 15) is 9.59 Å². The van der Waals surface area contributed by atoms with E-state index < -0.39 is 11.4 Å². The molecule has 1 saturated carbocycles. The van der Waals surface area contributed by atoms with Crippen LogP contribution in [0.15, 0.2) is 0 Å².